The summed E-state index contributed by atoms with van der Waals surface area (Å²) >= 11 is 0. The van der Waals surface area contributed by atoms with Crippen LogP contribution in [0, 0.1) is 0 Å². The fraction of sp³-hybridized carbons (Fsp3) is 0. The lowest BCUT2D eigenvalue weighted by Crippen LogP contribution is -2.00. The SMILES string of the molecule is O=C(c1ccccc1)c1ccc(-c2ccc(-c3cc(-c4ccc(-c5ccc(C(=O)c6ccccc6)cc5)cc4)cc(-n4c5ccccc5c5c6c7ccccc7n(-c7cc(-c8ccc(-c9ccc(C(=O)c%10ccccc%10)cc9)cc8)cc(-c8ccc(-c9ccc(C(=O)c%10ccccc%10)cc9)cc8)c7)c6ccc54)c3)cc2)cc1. The summed E-state index contributed by atoms with van der Waals surface area (Å²) in [6.45, 7) is 0. The number of hydrogen-bond donors (Lipinski definition) is 0. The highest BCUT2D eigenvalue weighted by atomic mass is 16.1. The molecule has 0 spiro atoms. The number of benzene rings is 17. The van der Waals surface area contributed by atoms with Crippen molar-refractivity contribution in [2.75, 3.05) is 0 Å². The molecule has 0 saturated carbocycles. The lowest BCUT2D eigenvalue weighted by Gasteiger charge is -2.15. The minimum Gasteiger partial charge on any atom is -0.309 e. The van der Waals surface area contributed by atoms with E-state index in [0.717, 1.165) is 144 Å². The first-order valence-electron chi connectivity index (χ1n) is 37.7. The highest BCUT2D eigenvalue weighted by Gasteiger charge is 2.24. The minimum absolute atomic E-state index is 0.00688. The summed E-state index contributed by atoms with van der Waals surface area (Å²) in [5.74, 6) is -0.0275. The van der Waals surface area contributed by atoms with Crippen molar-refractivity contribution in [2.45, 2.75) is 0 Å². The normalized spacial score (nSPS) is 11.4. The van der Waals surface area contributed by atoms with Crippen molar-refractivity contribution in [1.82, 2.24) is 9.13 Å². The van der Waals surface area contributed by atoms with Crippen molar-refractivity contribution in [3.63, 3.8) is 0 Å². The minimum atomic E-state index is -0.00688. The maximum absolute atomic E-state index is 13.4. The Morgan fingerprint density at radius 3 is 0.554 bits per heavy atom. The smallest absolute Gasteiger partial charge is 0.193 e. The van der Waals surface area contributed by atoms with E-state index in [0.29, 0.717) is 44.5 Å². The first-order chi connectivity index (χ1) is 55.2. The van der Waals surface area contributed by atoms with Crippen LogP contribution in [-0.2, 0) is 0 Å². The predicted molar refractivity (Wildman–Crippen MR) is 458 cm³/mol. The number of nitrogens with zero attached hydrogens (tertiary/aromatic N) is 2. The Kier molecular flexibility index (Phi) is 17.5. The van der Waals surface area contributed by atoms with Gasteiger partial charge in [0.05, 0.1) is 22.1 Å². The number of aromatic nitrogens is 2. The van der Waals surface area contributed by atoms with Gasteiger partial charge >= 0.3 is 0 Å². The van der Waals surface area contributed by atoms with Crippen LogP contribution in [0.4, 0.5) is 0 Å². The molecule has 17 aromatic carbocycles. The van der Waals surface area contributed by atoms with Gasteiger partial charge < -0.3 is 9.13 Å². The Morgan fingerprint density at radius 1 is 0.152 bits per heavy atom. The first kappa shape index (κ1) is 67.6. The average molecular weight is 1430 g/mol. The molecular formula is C106H68N2O4. The second kappa shape index (κ2) is 29.0. The Labute approximate surface area is 648 Å². The lowest BCUT2D eigenvalue weighted by atomic mass is 9.94. The van der Waals surface area contributed by atoms with E-state index in [1.807, 2.05) is 218 Å². The summed E-state index contributed by atoms with van der Waals surface area (Å²) in [5.41, 5.74) is 28.1. The van der Waals surface area contributed by atoms with E-state index in [1.54, 1.807) is 0 Å². The van der Waals surface area contributed by atoms with E-state index in [1.165, 1.54) is 0 Å². The predicted octanol–water partition coefficient (Wildman–Crippen LogP) is 26.1. The van der Waals surface area contributed by atoms with Crippen LogP contribution < -0.4 is 0 Å². The number of hydrogen-bond acceptors (Lipinski definition) is 4. The second-order valence-electron chi connectivity index (χ2n) is 28.5. The van der Waals surface area contributed by atoms with Gasteiger partial charge in [0.25, 0.3) is 0 Å². The third-order valence-corrected chi connectivity index (χ3v) is 21.8. The molecule has 6 nitrogen and oxygen atoms in total. The van der Waals surface area contributed by atoms with Crippen LogP contribution in [0.2, 0.25) is 0 Å². The maximum atomic E-state index is 13.4. The van der Waals surface area contributed by atoms with Gasteiger partial charge in [-0.25, -0.2) is 0 Å². The van der Waals surface area contributed by atoms with Gasteiger partial charge in [-0.3, -0.25) is 19.2 Å². The van der Waals surface area contributed by atoms with E-state index < -0.39 is 0 Å². The van der Waals surface area contributed by atoms with Crippen molar-refractivity contribution >= 4 is 66.7 Å². The Balaban J connectivity index is 0.725. The molecule has 0 aliphatic heterocycles. The van der Waals surface area contributed by atoms with Crippen molar-refractivity contribution in [3.8, 4) is 100 Å². The molecule has 0 amide bonds. The summed E-state index contributed by atoms with van der Waals surface area (Å²) in [4.78, 5) is 53.7. The largest absolute Gasteiger partial charge is 0.309 e. The quantitative estimate of drug-likeness (QED) is 0.0802. The number of rotatable bonds is 18. The summed E-state index contributed by atoms with van der Waals surface area (Å²) in [6.07, 6.45) is 0. The van der Waals surface area contributed by atoms with Crippen molar-refractivity contribution in [3.05, 3.63) is 457 Å². The molecule has 19 aromatic rings. The Bertz CT molecular complexity index is 6080. The van der Waals surface area contributed by atoms with Crippen LogP contribution in [0.1, 0.15) is 63.7 Å². The monoisotopic (exact) mass is 1430 g/mol. The molecule has 0 N–H and O–H groups in total. The molecule has 6 heteroatoms. The molecule has 526 valence electrons. The topological polar surface area (TPSA) is 78.1 Å². The average Bonchev–Trinajstić information content (AvgIpc) is 1.54. The fourth-order valence-corrected chi connectivity index (χ4v) is 15.9. The summed E-state index contributed by atoms with van der Waals surface area (Å²) < 4.78 is 4.87. The molecule has 2 heterocycles. The van der Waals surface area contributed by atoms with Gasteiger partial charge in [-0.15, -0.1) is 0 Å². The van der Waals surface area contributed by atoms with Gasteiger partial charge in [0.15, 0.2) is 23.1 Å². The van der Waals surface area contributed by atoms with Gasteiger partial charge in [0.2, 0.25) is 0 Å². The molecular weight excluding hydrogens is 1370 g/mol. The van der Waals surface area contributed by atoms with E-state index in [9.17, 15) is 19.2 Å². The van der Waals surface area contributed by atoms with Crippen molar-refractivity contribution in [1.29, 1.82) is 0 Å². The highest BCUT2D eigenvalue weighted by Crippen LogP contribution is 2.45. The Hall–Kier alpha value is -15.0. The number of carbonyl (C=O) groups is 4. The molecule has 0 bridgehead atoms. The van der Waals surface area contributed by atoms with Gasteiger partial charge in [0.1, 0.15) is 0 Å². The van der Waals surface area contributed by atoms with Crippen LogP contribution in [0.5, 0.6) is 0 Å². The number of carbonyl (C=O) groups excluding carboxylic acids is 4. The molecule has 0 radical (unpaired) electrons. The third-order valence-electron chi connectivity index (χ3n) is 21.8. The van der Waals surface area contributed by atoms with Crippen LogP contribution in [0.25, 0.3) is 144 Å². The molecule has 112 heavy (non-hydrogen) atoms. The molecule has 19 rings (SSSR count). The second-order valence-corrected chi connectivity index (χ2v) is 28.5. The Morgan fingerprint density at radius 2 is 0.330 bits per heavy atom. The van der Waals surface area contributed by atoms with E-state index in [2.05, 4.69) is 203 Å². The first-order valence-corrected chi connectivity index (χ1v) is 37.7. The van der Waals surface area contributed by atoms with Gasteiger partial charge in [-0.1, -0.05) is 352 Å². The van der Waals surface area contributed by atoms with Gasteiger partial charge in [0, 0.05) is 77.4 Å². The molecule has 0 aliphatic rings. The van der Waals surface area contributed by atoms with Gasteiger partial charge in [-0.05, 0) is 150 Å². The zero-order chi connectivity index (χ0) is 75.2. The summed E-state index contributed by atoms with van der Waals surface area (Å²) in [5, 5.41) is 4.55. The molecule has 0 aliphatic carbocycles. The van der Waals surface area contributed by atoms with Crippen LogP contribution in [-0.4, -0.2) is 32.3 Å². The van der Waals surface area contributed by atoms with E-state index >= 15 is 0 Å². The molecule has 0 fully saturated rings. The van der Waals surface area contributed by atoms with E-state index in [-0.39, 0.29) is 23.1 Å². The highest BCUT2D eigenvalue weighted by molar-refractivity contribution is 6.29. The third kappa shape index (κ3) is 12.8. The summed E-state index contributed by atoms with van der Waals surface area (Å²) in [6, 6.07) is 140. The lowest BCUT2D eigenvalue weighted by molar-refractivity contribution is 0.103. The fourth-order valence-electron chi connectivity index (χ4n) is 15.9. The zero-order valence-corrected chi connectivity index (χ0v) is 60.8. The molecule has 0 atom stereocenters. The number of ketones is 4. The van der Waals surface area contributed by atoms with Crippen LogP contribution in [0.15, 0.2) is 413 Å². The van der Waals surface area contributed by atoms with Gasteiger partial charge in [-0.2, -0.15) is 0 Å². The van der Waals surface area contributed by atoms with Crippen molar-refractivity contribution in [2.24, 2.45) is 0 Å². The van der Waals surface area contributed by atoms with Crippen LogP contribution >= 0.6 is 0 Å². The van der Waals surface area contributed by atoms with E-state index in [4.69, 9.17) is 0 Å². The van der Waals surface area contributed by atoms with Crippen molar-refractivity contribution < 1.29 is 19.2 Å². The molecule has 0 saturated heterocycles. The maximum Gasteiger partial charge on any atom is 0.193 e. The number of fused-ring (bicyclic) bond motifs is 7. The molecule has 2 aromatic heterocycles. The standard InChI is InChI=1S/C106H68N2O4/c109-103(81-17-5-1-6-18-81)85-53-45-73(46-54-85)69-29-37-77(38-30-69)89-63-90(78-39-31-70(32-40-78)74-47-55-86(56-48-74)104(110)82-19-7-2-8-20-82)66-93(65-89)107-97-27-15-13-25-95(97)101-99(107)61-62-100-102(101)96-26-14-16-28-98(96)108(100)94-67-91(79-41-33-71(34-42-79)75-49-57-87(58-50-75)105(111)83-21-9-3-10-22-83)64-92(68-94)80-43-35-72(36-44-80)76-51-59-88(60-52-76)106(112)84-23-11-4-12-24-84/h1-68H. The summed E-state index contributed by atoms with van der Waals surface area (Å²) in [7, 11) is 0. The molecule has 0 unspecified atom stereocenters. The zero-order valence-electron chi connectivity index (χ0n) is 60.8. The van der Waals surface area contributed by atoms with Crippen LogP contribution in [0.3, 0.4) is 0 Å². The number of para-hydroxylation sites is 2.